The Kier molecular flexibility index (Phi) is 7.26. The molecule has 0 saturated carbocycles. The topological polar surface area (TPSA) is 61.8 Å². The molecule has 1 saturated heterocycles. The predicted molar refractivity (Wildman–Crippen MR) is 108 cm³/mol. The lowest BCUT2D eigenvalue weighted by atomic mass is 9.98. The molecule has 0 atom stereocenters. The third-order valence-electron chi connectivity index (χ3n) is 5.30. The first-order valence-electron chi connectivity index (χ1n) is 9.57. The summed E-state index contributed by atoms with van der Waals surface area (Å²) in [5.41, 5.74) is 3.22. The van der Waals surface area contributed by atoms with Gasteiger partial charge in [0.2, 0.25) is 0 Å². The molecule has 0 aliphatic carbocycles. The van der Waals surface area contributed by atoms with Crippen molar-refractivity contribution in [1.82, 2.24) is 20.5 Å². The molecule has 1 fully saturated rings. The second kappa shape index (κ2) is 9.21. The lowest BCUT2D eigenvalue weighted by Gasteiger charge is -2.41. The van der Waals surface area contributed by atoms with Gasteiger partial charge >= 0.3 is 0 Å². The van der Waals surface area contributed by atoms with Gasteiger partial charge in [-0.1, -0.05) is 6.42 Å². The number of piperidine rings is 1. The molecule has 0 aromatic carbocycles. The molecule has 6 nitrogen and oxygen atoms in total. The van der Waals surface area contributed by atoms with Gasteiger partial charge in [0.25, 0.3) is 0 Å². The Morgan fingerprint density at radius 2 is 1.92 bits per heavy atom. The summed E-state index contributed by atoms with van der Waals surface area (Å²) in [6.45, 7) is 12.5. The number of guanidine groups is 1. The normalized spacial score (nSPS) is 16.5. The summed E-state index contributed by atoms with van der Waals surface area (Å²) in [7, 11) is 3.51. The van der Waals surface area contributed by atoms with E-state index in [-0.39, 0.29) is 5.54 Å². The van der Waals surface area contributed by atoms with Gasteiger partial charge in [-0.05, 0) is 53.6 Å². The van der Waals surface area contributed by atoms with Crippen LogP contribution in [0.3, 0.4) is 0 Å². The monoisotopic (exact) mass is 361 g/mol. The van der Waals surface area contributed by atoms with Crippen molar-refractivity contribution in [2.45, 2.75) is 59.0 Å². The third kappa shape index (κ3) is 5.10. The number of nitrogens with one attached hydrogen (secondary N) is 2. The zero-order valence-electron chi connectivity index (χ0n) is 17.3. The van der Waals surface area contributed by atoms with Crippen LogP contribution in [0, 0.1) is 13.8 Å². The quantitative estimate of drug-likeness (QED) is 0.602. The summed E-state index contributed by atoms with van der Waals surface area (Å²) in [4.78, 5) is 11.5. The number of methoxy groups -OCH3 is 1. The summed E-state index contributed by atoms with van der Waals surface area (Å²) in [6, 6.07) is 0. The Labute approximate surface area is 158 Å². The fraction of sp³-hybridized carbons (Fsp3) is 0.700. The van der Waals surface area contributed by atoms with E-state index in [9.17, 15) is 0 Å². The molecule has 0 radical (unpaired) electrons. The molecule has 2 rings (SSSR count). The van der Waals surface area contributed by atoms with E-state index >= 15 is 0 Å². The molecule has 26 heavy (non-hydrogen) atoms. The molecule has 0 unspecified atom stereocenters. The van der Waals surface area contributed by atoms with E-state index in [0.717, 1.165) is 35.1 Å². The van der Waals surface area contributed by atoms with Crippen LogP contribution in [0.1, 0.15) is 49.9 Å². The number of ether oxygens (including phenoxy) is 1. The van der Waals surface area contributed by atoms with E-state index in [2.05, 4.69) is 39.4 Å². The smallest absolute Gasteiger partial charge is 0.191 e. The highest BCUT2D eigenvalue weighted by atomic mass is 16.5. The Balaban J connectivity index is 1.92. The number of hydrogen-bond acceptors (Lipinski definition) is 4. The Bertz CT molecular complexity index is 621. The summed E-state index contributed by atoms with van der Waals surface area (Å²) >= 11 is 0. The second-order valence-corrected chi connectivity index (χ2v) is 7.69. The highest BCUT2D eigenvalue weighted by molar-refractivity contribution is 5.79. The maximum Gasteiger partial charge on any atom is 0.191 e. The standard InChI is InChI=1S/C20H35N5O/c1-15-12-22-17(16(2)18(15)26-6)13-23-19(21-5)24-14-20(3,4)25-10-8-7-9-11-25/h12H,7-11,13-14H2,1-6H3,(H2,21,23,24). The van der Waals surface area contributed by atoms with Gasteiger partial charge in [0.1, 0.15) is 5.75 Å². The van der Waals surface area contributed by atoms with Crippen LogP contribution >= 0.6 is 0 Å². The van der Waals surface area contributed by atoms with Gasteiger partial charge in [0, 0.05) is 36.5 Å². The summed E-state index contributed by atoms with van der Waals surface area (Å²) in [5.74, 6) is 1.71. The lowest BCUT2D eigenvalue weighted by Crippen LogP contribution is -2.54. The average Bonchev–Trinajstić information content (AvgIpc) is 2.64. The summed E-state index contributed by atoms with van der Waals surface area (Å²) < 4.78 is 5.49. The number of aromatic nitrogens is 1. The Morgan fingerprint density at radius 1 is 1.23 bits per heavy atom. The van der Waals surface area contributed by atoms with Gasteiger partial charge in [-0.3, -0.25) is 14.9 Å². The molecule has 2 N–H and O–H groups in total. The average molecular weight is 362 g/mol. The van der Waals surface area contributed by atoms with Gasteiger partial charge in [0.05, 0.1) is 19.3 Å². The van der Waals surface area contributed by atoms with Crippen LogP contribution in [0.25, 0.3) is 0 Å². The maximum absolute atomic E-state index is 5.49. The number of hydrogen-bond donors (Lipinski definition) is 2. The molecule has 6 heteroatoms. The minimum Gasteiger partial charge on any atom is -0.496 e. The highest BCUT2D eigenvalue weighted by Crippen LogP contribution is 2.23. The van der Waals surface area contributed by atoms with Gasteiger partial charge in [0.15, 0.2) is 5.96 Å². The van der Waals surface area contributed by atoms with Crippen molar-refractivity contribution >= 4 is 5.96 Å². The Hall–Kier alpha value is -1.82. The molecule has 0 spiro atoms. The Morgan fingerprint density at radius 3 is 2.54 bits per heavy atom. The van der Waals surface area contributed by atoms with Crippen molar-refractivity contribution in [2.24, 2.45) is 4.99 Å². The molecule has 1 aliphatic heterocycles. The number of aryl methyl sites for hydroxylation is 1. The number of aliphatic imine (C=N–C) groups is 1. The van der Waals surface area contributed by atoms with Crippen molar-refractivity contribution in [3.05, 3.63) is 23.0 Å². The largest absolute Gasteiger partial charge is 0.496 e. The van der Waals surface area contributed by atoms with Crippen LogP contribution in [0.4, 0.5) is 0 Å². The molecular weight excluding hydrogens is 326 g/mol. The van der Waals surface area contributed by atoms with Crippen molar-refractivity contribution in [1.29, 1.82) is 0 Å². The van der Waals surface area contributed by atoms with Crippen LogP contribution in [0.2, 0.25) is 0 Å². The van der Waals surface area contributed by atoms with Crippen LogP contribution in [-0.2, 0) is 6.54 Å². The number of rotatable bonds is 6. The van der Waals surface area contributed by atoms with Crippen LogP contribution in [0.5, 0.6) is 5.75 Å². The van der Waals surface area contributed by atoms with E-state index in [4.69, 9.17) is 4.74 Å². The van der Waals surface area contributed by atoms with Crippen molar-refractivity contribution in [3.63, 3.8) is 0 Å². The van der Waals surface area contributed by atoms with Crippen molar-refractivity contribution < 1.29 is 4.74 Å². The number of nitrogens with zero attached hydrogens (tertiary/aromatic N) is 3. The molecule has 1 aliphatic rings. The predicted octanol–water partition coefficient (Wildman–Crippen LogP) is 2.64. The van der Waals surface area contributed by atoms with Gasteiger partial charge in [-0.15, -0.1) is 0 Å². The zero-order valence-corrected chi connectivity index (χ0v) is 17.3. The minimum absolute atomic E-state index is 0.110. The zero-order chi connectivity index (χ0) is 19.2. The molecule has 146 valence electrons. The fourth-order valence-electron chi connectivity index (χ4n) is 3.55. The lowest BCUT2D eigenvalue weighted by molar-refractivity contribution is 0.0982. The molecule has 0 amide bonds. The minimum atomic E-state index is 0.110. The van der Waals surface area contributed by atoms with Crippen LogP contribution in [0.15, 0.2) is 11.2 Å². The first kappa shape index (κ1) is 20.5. The summed E-state index contributed by atoms with van der Waals surface area (Å²) in [6.07, 6.45) is 5.82. The summed E-state index contributed by atoms with van der Waals surface area (Å²) in [5, 5.41) is 6.85. The molecule has 0 bridgehead atoms. The third-order valence-corrected chi connectivity index (χ3v) is 5.30. The highest BCUT2D eigenvalue weighted by Gasteiger charge is 2.27. The van der Waals surface area contributed by atoms with Gasteiger partial charge in [-0.25, -0.2) is 0 Å². The maximum atomic E-state index is 5.49. The van der Waals surface area contributed by atoms with E-state index in [0.29, 0.717) is 6.54 Å². The van der Waals surface area contributed by atoms with E-state index in [1.807, 2.05) is 20.0 Å². The van der Waals surface area contributed by atoms with E-state index < -0.39 is 0 Å². The first-order chi connectivity index (χ1) is 12.4. The van der Waals surface area contributed by atoms with Gasteiger partial charge in [-0.2, -0.15) is 0 Å². The van der Waals surface area contributed by atoms with E-state index in [1.165, 1.54) is 32.4 Å². The SMILES string of the molecule is CN=C(NCc1ncc(C)c(OC)c1C)NCC(C)(C)N1CCCCC1. The fourth-order valence-corrected chi connectivity index (χ4v) is 3.55. The van der Waals surface area contributed by atoms with Crippen molar-refractivity contribution in [2.75, 3.05) is 33.8 Å². The second-order valence-electron chi connectivity index (χ2n) is 7.69. The first-order valence-corrected chi connectivity index (χ1v) is 9.57. The van der Waals surface area contributed by atoms with Crippen LogP contribution in [-0.4, -0.2) is 55.2 Å². The molecule has 1 aromatic rings. The number of pyridine rings is 1. The van der Waals surface area contributed by atoms with Gasteiger partial charge < -0.3 is 15.4 Å². The molecular formula is C20H35N5O. The van der Waals surface area contributed by atoms with Crippen molar-refractivity contribution in [3.8, 4) is 5.75 Å². The van der Waals surface area contributed by atoms with E-state index in [1.54, 1.807) is 14.2 Å². The molecule has 1 aromatic heterocycles. The molecule has 2 heterocycles. The van der Waals surface area contributed by atoms with Crippen LogP contribution < -0.4 is 15.4 Å². The number of likely N-dealkylation sites (tertiary alicyclic amines) is 1.